The Kier molecular flexibility index (Phi) is 7.43. The summed E-state index contributed by atoms with van der Waals surface area (Å²) in [4.78, 5) is 29.6. The Morgan fingerprint density at radius 2 is 1.97 bits per heavy atom. The number of benzene rings is 1. The first-order valence-corrected chi connectivity index (χ1v) is 11.0. The van der Waals surface area contributed by atoms with Crippen LogP contribution >= 0.6 is 11.6 Å². The molecule has 0 unspecified atom stereocenters. The number of urea groups is 1. The molecule has 0 saturated carbocycles. The van der Waals surface area contributed by atoms with Crippen LogP contribution in [0.5, 0.6) is 0 Å². The number of nitrogens with one attached hydrogen (secondary N) is 1. The van der Waals surface area contributed by atoms with Crippen molar-refractivity contribution >= 4 is 23.5 Å². The van der Waals surface area contributed by atoms with E-state index in [4.69, 9.17) is 11.6 Å². The van der Waals surface area contributed by atoms with Gasteiger partial charge in [-0.25, -0.2) is 4.79 Å². The van der Waals surface area contributed by atoms with Gasteiger partial charge in [-0.3, -0.25) is 4.79 Å². The molecule has 1 aliphatic rings. The molecular weight excluding hydrogens is 400 g/mol. The number of hydrogen-bond donors (Lipinski definition) is 1. The zero-order chi connectivity index (χ0) is 21.7. The quantitative estimate of drug-likeness (QED) is 0.717. The van der Waals surface area contributed by atoms with Crippen molar-refractivity contribution in [2.24, 2.45) is 5.92 Å². The molecule has 2 aromatic rings. The van der Waals surface area contributed by atoms with Crippen molar-refractivity contribution in [3.8, 4) is 0 Å². The minimum atomic E-state index is -0.269. The van der Waals surface area contributed by atoms with Crippen LogP contribution in [-0.2, 0) is 11.3 Å². The summed E-state index contributed by atoms with van der Waals surface area (Å²) in [7, 11) is 0. The summed E-state index contributed by atoms with van der Waals surface area (Å²) in [5.41, 5.74) is 1.94. The molecule has 2 heterocycles. The summed E-state index contributed by atoms with van der Waals surface area (Å²) in [5.74, 6) is 0.197. The zero-order valence-corrected chi connectivity index (χ0v) is 18.7. The lowest BCUT2D eigenvalue weighted by atomic mass is 9.99. The lowest BCUT2D eigenvalue weighted by Crippen LogP contribution is -2.50. The second kappa shape index (κ2) is 10.0. The van der Waals surface area contributed by atoms with Crippen LogP contribution in [0.1, 0.15) is 44.5 Å². The van der Waals surface area contributed by atoms with E-state index in [0.717, 1.165) is 24.2 Å². The molecule has 1 N–H and O–H groups in total. The lowest BCUT2D eigenvalue weighted by Gasteiger charge is -2.39. The molecule has 0 bridgehead atoms. The van der Waals surface area contributed by atoms with Crippen LogP contribution in [0.3, 0.4) is 0 Å². The Morgan fingerprint density at radius 1 is 1.20 bits per heavy atom. The fraction of sp³-hybridized carbons (Fsp3) is 0.478. The van der Waals surface area contributed by atoms with Gasteiger partial charge in [0.1, 0.15) is 6.54 Å². The number of hydrogen-bond acceptors (Lipinski definition) is 2. The summed E-state index contributed by atoms with van der Waals surface area (Å²) in [6.45, 7) is 8.58. The van der Waals surface area contributed by atoms with Crippen LogP contribution < -0.4 is 5.32 Å². The summed E-state index contributed by atoms with van der Waals surface area (Å²) < 4.78 is 2.16. The molecule has 30 heavy (non-hydrogen) atoms. The highest BCUT2D eigenvalue weighted by Crippen LogP contribution is 2.36. The number of carbonyl (C=O) groups excluding carboxylic acids is 2. The molecule has 0 radical (unpaired) electrons. The molecule has 7 heteroatoms. The number of rotatable bonds is 7. The van der Waals surface area contributed by atoms with Gasteiger partial charge in [0, 0.05) is 43.1 Å². The molecule has 1 atom stereocenters. The fourth-order valence-corrected chi connectivity index (χ4v) is 4.17. The maximum absolute atomic E-state index is 13.4. The van der Waals surface area contributed by atoms with Crippen molar-refractivity contribution in [2.45, 2.75) is 39.8 Å². The molecule has 162 valence electrons. The van der Waals surface area contributed by atoms with E-state index < -0.39 is 0 Å². The number of fused-ring (bicyclic) bond motifs is 1. The predicted molar refractivity (Wildman–Crippen MR) is 120 cm³/mol. The SMILES string of the molecule is CCCNC(=O)N(CC(=O)N1CCn2cccc2[C@H]1c1ccccc1Cl)CC(C)C. The standard InChI is InChI=1S/C23H31ClN4O2/c1-4-11-25-23(30)27(15-17(2)3)16-21(29)28-14-13-26-12-7-10-20(26)22(28)18-8-5-6-9-19(18)24/h5-10,12,17,22H,4,11,13-16H2,1-3H3,(H,25,30)/t22-/m1/s1. The summed E-state index contributed by atoms with van der Waals surface area (Å²) in [5, 5.41) is 3.53. The highest BCUT2D eigenvalue weighted by Gasteiger charge is 2.34. The molecule has 3 rings (SSSR count). The summed E-state index contributed by atoms with van der Waals surface area (Å²) >= 11 is 6.52. The summed E-state index contributed by atoms with van der Waals surface area (Å²) in [6, 6.07) is 11.2. The molecule has 6 nitrogen and oxygen atoms in total. The molecule has 0 fully saturated rings. The van der Waals surface area contributed by atoms with Gasteiger partial charge in [0.05, 0.1) is 6.04 Å². The smallest absolute Gasteiger partial charge is 0.317 e. The lowest BCUT2D eigenvalue weighted by molar-refractivity contribution is -0.134. The number of nitrogens with zero attached hydrogens (tertiary/aromatic N) is 3. The number of carbonyl (C=O) groups is 2. The van der Waals surface area contributed by atoms with Crippen LogP contribution in [0.15, 0.2) is 42.6 Å². The first-order chi connectivity index (χ1) is 14.4. The van der Waals surface area contributed by atoms with Gasteiger partial charge in [0.2, 0.25) is 5.91 Å². The van der Waals surface area contributed by atoms with Crippen LogP contribution in [0.4, 0.5) is 4.79 Å². The Hall–Kier alpha value is -2.47. The molecule has 0 aliphatic carbocycles. The Morgan fingerprint density at radius 3 is 2.67 bits per heavy atom. The van der Waals surface area contributed by atoms with E-state index in [1.807, 2.05) is 68.3 Å². The van der Waals surface area contributed by atoms with E-state index in [0.29, 0.717) is 24.7 Å². The van der Waals surface area contributed by atoms with Crippen molar-refractivity contribution in [3.05, 3.63) is 58.9 Å². The minimum Gasteiger partial charge on any atom is -0.348 e. The molecule has 0 saturated heterocycles. The van der Waals surface area contributed by atoms with E-state index in [-0.39, 0.29) is 30.4 Å². The third-order valence-corrected chi connectivity index (χ3v) is 5.63. The largest absolute Gasteiger partial charge is 0.348 e. The molecule has 3 amide bonds. The van der Waals surface area contributed by atoms with Crippen molar-refractivity contribution < 1.29 is 9.59 Å². The highest BCUT2D eigenvalue weighted by atomic mass is 35.5. The van der Waals surface area contributed by atoms with Gasteiger partial charge in [0.25, 0.3) is 0 Å². The zero-order valence-electron chi connectivity index (χ0n) is 18.0. The molecule has 1 aromatic carbocycles. The molecule has 1 aromatic heterocycles. The third-order valence-electron chi connectivity index (χ3n) is 5.28. The monoisotopic (exact) mass is 430 g/mol. The number of amides is 3. The Bertz CT molecular complexity index is 880. The van der Waals surface area contributed by atoms with E-state index in [2.05, 4.69) is 9.88 Å². The number of halogens is 1. The number of aromatic nitrogens is 1. The van der Waals surface area contributed by atoms with Gasteiger partial charge in [-0.2, -0.15) is 0 Å². The fourth-order valence-electron chi connectivity index (χ4n) is 3.93. The Balaban J connectivity index is 1.87. The van der Waals surface area contributed by atoms with Gasteiger partial charge in [-0.1, -0.05) is 50.6 Å². The maximum Gasteiger partial charge on any atom is 0.317 e. The van der Waals surface area contributed by atoms with Crippen molar-refractivity contribution in [1.29, 1.82) is 0 Å². The second-order valence-electron chi connectivity index (χ2n) is 8.14. The van der Waals surface area contributed by atoms with Crippen LogP contribution in [-0.4, -0.2) is 52.5 Å². The molecular formula is C23H31ClN4O2. The normalized spacial score (nSPS) is 15.8. The van der Waals surface area contributed by atoms with Gasteiger partial charge in [-0.15, -0.1) is 0 Å². The predicted octanol–water partition coefficient (Wildman–Crippen LogP) is 4.15. The van der Waals surface area contributed by atoms with Crippen LogP contribution in [0, 0.1) is 5.92 Å². The second-order valence-corrected chi connectivity index (χ2v) is 8.55. The van der Waals surface area contributed by atoms with Gasteiger partial charge in [0.15, 0.2) is 0 Å². The first kappa shape index (κ1) is 22.2. The van der Waals surface area contributed by atoms with Crippen molar-refractivity contribution in [1.82, 2.24) is 19.7 Å². The van der Waals surface area contributed by atoms with Crippen molar-refractivity contribution in [3.63, 3.8) is 0 Å². The van der Waals surface area contributed by atoms with Gasteiger partial charge >= 0.3 is 6.03 Å². The van der Waals surface area contributed by atoms with E-state index in [9.17, 15) is 9.59 Å². The van der Waals surface area contributed by atoms with Gasteiger partial charge < -0.3 is 19.7 Å². The average molecular weight is 431 g/mol. The average Bonchev–Trinajstić information content (AvgIpc) is 3.19. The van der Waals surface area contributed by atoms with E-state index >= 15 is 0 Å². The van der Waals surface area contributed by atoms with Crippen molar-refractivity contribution in [2.75, 3.05) is 26.2 Å². The molecule has 1 aliphatic heterocycles. The minimum absolute atomic E-state index is 0.0510. The Labute approximate surface area is 183 Å². The molecule has 0 spiro atoms. The highest BCUT2D eigenvalue weighted by molar-refractivity contribution is 6.31. The van der Waals surface area contributed by atoms with Crippen LogP contribution in [0.25, 0.3) is 0 Å². The van der Waals surface area contributed by atoms with E-state index in [1.165, 1.54) is 0 Å². The topological polar surface area (TPSA) is 57.6 Å². The van der Waals surface area contributed by atoms with Gasteiger partial charge in [-0.05, 0) is 36.1 Å². The maximum atomic E-state index is 13.4. The van der Waals surface area contributed by atoms with E-state index in [1.54, 1.807) is 4.90 Å². The third kappa shape index (κ3) is 4.98. The summed E-state index contributed by atoms with van der Waals surface area (Å²) in [6.07, 6.45) is 2.89. The first-order valence-electron chi connectivity index (χ1n) is 10.6. The van der Waals surface area contributed by atoms with Crippen LogP contribution in [0.2, 0.25) is 5.02 Å².